The number of ether oxygens (including phenoxy) is 1. The lowest BCUT2D eigenvalue weighted by molar-refractivity contribution is -0.165. The minimum absolute atomic E-state index is 0.0313. The third kappa shape index (κ3) is 6.38. The third-order valence-electron chi connectivity index (χ3n) is 10.2. The van der Waals surface area contributed by atoms with E-state index in [9.17, 15) is 14.7 Å². The van der Waals surface area contributed by atoms with Gasteiger partial charge in [-0.15, -0.1) is 0 Å². The lowest BCUT2D eigenvalue weighted by Gasteiger charge is -2.42. The molecule has 1 heterocycles. The first-order chi connectivity index (χ1) is 22.3. The lowest BCUT2D eigenvalue weighted by Crippen LogP contribution is -2.49. The molecule has 2 aliphatic rings. The normalized spacial score (nSPS) is 18.5. The average molecular weight is 658 g/mol. The van der Waals surface area contributed by atoms with Crippen molar-refractivity contribution in [3.8, 4) is 11.8 Å². The quantitative estimate of drug-likeness (QED) is 0.166. The predicted molar refractivity (Wildman–Crippen MR) is 183 cm³/mol. The second-order valence-corrected chi connectivity index (χ2v) is 14.4. The molecule has 0 radical (unpaired) electrons. The summed E-state index contributed by atoms with van der Waals surface area (Å²) in [6.07, 6.45) is 1.09. The van der Waals surface area contributed by atoms with Crippen LogP contribution >= 0.6 is 11.6 Å². The Balaban J connectivity index is 1.62. The smallest absolute Gasteiger partial charge is 0.257 e. The van der Waals surface area contributed by atoms with Gasteiger partial charge in [-0.25, -0.2) is 4.39 Å². The maximum absolute atomic E-state index is 16.3. The number of rotatable bonds is 11. The number of ketones is 1. The predicted octanol–water partition coefficient (Wildman–Crippen LogP) is 8.63. The molecule has 1 saturated carbocycles. The van der Waals surface area contributed by atoms with Gasteiger partial charge in [-0.1, -0.05) is 89.2 Å². The Hall–Kier alpha value is -3.50. The summed E-state index contributed by atoms with van der Waals surface area (Å²) in [5.74, 6) is 6.71. The number of hydrogen-bond acceptors (Lipinski definition) is 4. The molecule has 5 nitrogen and oxygen atoms in total. The lowest BCUT2D eigenvalue weighted by atomic mass is 9.62. The van der Waals surface area contributed by atoms with Crippen LogP contribution < -0.4 is 0 Å². The fourth-order valence-electron chi connectivity index (χ4n) is 7.56. The number of carbonyl (C=O) groups is 2. The van der Waals surface area contributed by atoms with Gasteiger partial charge in [0.05, 0.1) is 23.8 Å². The summed E-state index contributed by atoms with van der Waals surface area (Å²) in [6.45, 7) is 14.5. The number of benzene rings is 3. The molecule has 1 aliphatic heterocycles. The molecular weight excluding hydrogens is 613 g/mol. The Morgan fingerprint density at radius 3 is 2.13 bits per heavy atom. The van der Waals surface area contributed by atoms with Crippen LogP contribution in [0.1, 0.15) is 104 Å². The minimum atomic E-state index is -1.71. The number of halogens is 2. The largest absolute Gasteiger partial charge is 0.394 e. The first-order valence-electron chi connectivity index (χ1n) is 16.6. The molecule has 0 bridgehead atoms. The molecular formula is C40H45ClFNO4. The van der Waals surface area contributed by atoms with E-state index in [0.717, 1.165) is 30.0 Å². The summed E-state index contributed by atoms with van der Waals surface area (Å²) in [7, 11) is 0. The number of amides is 1. The van der Waals surface area contributed by atoms with Crippen LogP contribution in [-0.4, -0.2) is 34.4 Å². The highest BCUT2D eigenvalue weighted by Gasteiger charge is 2.56. The SMILES string of the molecule is CC(=O)c1cc(F)c2c(c1)C(=O)N(Cc1ccc(C#CC(C(C)C)(C(C)C)C(C)C)cc1)C2(OC(CO)C1CC1)c1ccc(Cl)cc1. The van der Waals surface area contributed by atoms with Crippen LogP contribution in [-0.2, 0) is 17.0 Å². The molecule has 0 spiro atoms. The van der Waals surface area contributed by atoms with Gasteiger partial charge in [0.2, 0.25) is 5.72 Å². The van der Waals surface area contributed by atoms with Crippen molar-refractivity contribution >= 4 is 23.3 Å². The Labute approximate surface area is 283 Å². The maximum Gasteiger partial charge on any atom is 0.257 e. The summed E-state index contributed by atoms with van der Waals surface area (Å²) >= 11 is 6.28. The van der Waals surface area contributed by atoms with E-state index >= 15 is 4.39 Å². The summed E-state index contributed by atoms with van der Waals surface area (Å²) in [4.78, 5) is 28.2. The van der Waals surface area contributed by atoms with Gasteiger partial charge >= 0.3 is 0 Å². The molecule has 1 N–H and O–H groups in total. The number of nitrogens with zero attached hydrogens (tertiary/aromatic N) is 1. The van der Waals surface area contributed by atoms with Gasteiger partial charge in [0.15, 0.2) is 5.78 Å². The van der Waals surface area contributed by atoms with Crippen LogP contribution in [0.15, 0.2) is 60.7 Å². The van der Waals surface area contributed by atoms with E-state index in [2.05, 4.69) is 53.4 Å². The minimum Gasteiger partial charge on any atom is -0.394 e. The van der Waals surface area contributed by atoms with Gasteiger partial charge in [-0.05, 0) is 85.4 Å². The zero-order chi connectivity index (χ0) is 34.3. The van der Waals surface area contributed by atoms with Crippen LogP contribution in [0.2, 0.25) is 5.02 Å². The number of aliphatic hydroxyl groups excluding tert-OH is 1. The third-order valence-corrected chi connectivity index (χ3v) is 10.4. The van der Waals surface area contributed by atoms with Gasteiger partial charge in [0.1, 0.15) is 5.82 Å². The first-order valence-corrected chi connectivity index (χ1v) is 17.0. The van der Waals surface area contributed by atoms with Crippen LogP contribution in [0, 0.1) is 46.7 Å². The molecule has 47 heavy (non-hydrogen) atoms. The maximum atomic E-state index is 16.3. The summed E-state index contributed by atoms with van der Waals surface area (Å²) in [6, 6.07) is 17.2. The molecule has 2 unspecified atom stereocenters. The molecule has 3 aromatic carbocycles. The van der Waals surface area contributed by atoms with Crippen molar-refractivity contribution in [3.63, 3.8) is 0 Å². The molecule has 2 atom stereocenters. The van der Waals surface area contributed by atoms with E-state index in [1.807, 2.05) is 24.3 Å². The van der Waals surface area contributed by atoms with E-state index in [-0.39, 0.29) is 47.0 Å². The molecule has 5 rings (SSSR count). The van der Waals surface area contributed by atoms with Gasteiger partial charge < -0.3 is 9.84 Å². The summed E-state index contributed by atoms with van der Waals surface area (Å²) < 4.78 is 23.1. The summed E-state index contributed by atoms with van der Waals surface area (Å²) in [5.41, 5.74) is 0.494. The number of carbonyl (C=O) groups excluding carboxylic acids is 2. The topological polar surface area (TPSA) is 66.8 Å². The standard InChI is InChI=1S/C40H45ClFNO4/c1-24(2)39(25(3)4,26(5)6)19-18-28-8-10-29(11-9-28)22-43-38(46)34-20-31(27(7)45)21-35(42)37(34)40(43,32-14-16-33(41)17-15-32)47-36(23-44)30-12-13-30/h8-11,14-17,20-21,24-26,30,36,44H,12-13,22-23H2,1-7H3. The van der Waals surface area contributed by atoms with Crippen molar-refractivity contribution in [3.05, 3.63) is 105 Å². The zero-order valence-corrected chi connectivity index (χ0v) is 29.1. The molecule has 1 fully saturated rings. The average Bonchev–Trinajstić information content (AvgIpc) is 3.84. The molecule has 1 amide bonds. The Morgan fingerprint density at radius 1 is 1.02 bits per heavy atom. The first kappa shape index (κ1) is 34.8. The Morgan fingerprint density at radius 2 is 1.62 bits per heavy atom. The van der Waals surface area contributed by atoms with Crippen molar-refractivity contribution in [1.29, 1.82) is 0 Å². The highest BCUT2D eigenvalue weighted by atomic mass is 35.5. The van der Waals surface area contributed by atoms with E-state index in [1.54, 1.807) is 24.3 Å². The number of fused-ring (bicyclic) bond motifs is 1. The Bertz CT molecular complexity index is 1680. The molecule has 0 saturated heterocycles. The second kappa shape index (κ2) is 13.5. The van der Waals surface area contributed by atoms with Gasteiger partial charge in [0.25, 0.3) is 5.91 Å². The van der Waals surface area contributed by atoms with Crippen molar-refractivity contribution in [2.75, 3.05) is 6.61 Å². The van der Waals surface area contributed by atoms with Gasteiger partial charge in [0, 0.05) is 33.7 Å². The van der Waals surface area contributed by atoms with Crippen molar-refractivity contribution in [2.24, 2.45) is 29.1 Å². The molecule has 7 heteroatoms. The number of hydrogen-bond donors (Lipinski definition) is 1. The van der Waals surface area contributed by atoms with E-state index < -0.39 is 23.6 Å². The van der Waals surface area contributed by atoms with Gasteiger partial charge in [-0.2, -0.15) is 0 Å². The van der Waals surface area contributed by atoms with Crippen LogP contribution in [0.5, 0.6) is 0 Å². The van der Waals surface area contributed by atoms with Crippen LogP contribution in [0.25, 0.3) is 0 Å². The fourth-order valence-corrected chi connectivity index (χ4v) is 7.68. The second-order valence-electron chi connectivity index (χ2n) is 14.0. The molecule has 248 valence electrons. The number of aliphatic hydroxyl groups is 1. The van der Waals surface area contributed by atoms with Crippen LogP contribution in [0.4, 0.5) is 4.39 Å². The molecule has 3 aromatic rings. The van der Waals surface area contributed by atoms with E-state index in [1.165, 1.54) is 17.9 Å². The van der Waals surface area contributed by atoms with Crippen molar-refractivity contribution < 1.29 is 23.8 Å². The van der Waals surface area contributed by atoms with E-state index in [0.29, 0.717) is 28.3 Å². The highest BCUT2D eigenvalue weighted by Crippen LogP contribution is 2.50. The molecule has 0 aromatic heterocycles. The zero-order valence-electron chi connectivity index (χ0n) is 28.4. The van der Waals surface area contributed by atoms with Crippen molar-refractivity contribution in [2.45, 2.75) is 79.7 Å². The van der Waals surface area contributed by atoms with Gasteiger partial charge in [-0.3, -0.25) is 14.5 Å². The summed E-state index contributed by atoms with van der Waals surface area (Å²) in [5, 5.41) is 10.9. The Kier molecular flexibility index (Phi) is 10.0. The van der Waals surface area contributed by atoms with Crippen molar-refractivity contribution in [1.82, 2.24) is 4.90 Å². The van der Waals surface area contributed by atoms with Crippen LogP contribution in [0.3, 0.4) is 0 Å². The van der Waals surface area contributed by atoms with E-state index in [4.69, 9.17) is 16.3 Å². The molecule has 1 aliphatic carbocycles. The number of Topliss-reactive ketones (excluding diaryl/α,β-unsaturated/α-hetero) is 1. The highest BCUT2D eigenvalue weighted by molar-refractivity contribution is 6.30. The monoisotopic (exact) mass is 657 g/mol. The fraction of sp³-hybridized carbons (Fsp3) is 0.450.